The van der Waals surface area contributed by atoms with Crippen molar-refractivity contribution in [2.24, 2.45) is 0 Å². The Morgan fingerprint density at radius 2 is 1.88 bits per heavy atom. The molecule has 0 N–H and O–H groups in total. The minimum absolute atomic E-state index is 0.100. The van der Waals surface area contributed by atoms with Crippen LogP contribution in [-0.4, -0.2) is 66.8 Å². The van der Waals surface area contributed by atoms with Gasteiger partial charge >= 0.3 is 0 Å². The number of methoxy groups -OCH3 is 2. The minimum atomic E-state index is -0.297. The van der Waals surface area contributed by atoms with E-state index in [0.717, 1.165) is 24.2 Å². The van der Waals surface area contributed by atoms with Crippen molar-refractivity contribution < 1.29 is 19.0 Å². The van der Waals surface area contributed by atoms with Gasteiger partial charge in [0.1, 0.15) is 21.8 Å². The van der Waals surface area contributed by atoms with Crippen LogP contribution in [0.5, 0.6) is 11.5 Å². The Labute approximate surface area is 244 Å². The van der Waals surface area contributed by atoms with Crippen LogP contribution in [0.25, 0.3) is 6.08 Å². The van der Waals surface area contributed by atoms with E-state index in [0.29, 0.717) is 77.7 Å². The molecule has 0 radical (unpaired) electrons. The second-order valence-corrected chi connectivity index (χ2v) is 11.2. The number of anilines is 1. The number of thioether (sulfide) groups is 1. The molecule has 2 aromatic rings. The summed E-state index contributed by atoms with van der Waals surface area (Å²) < 4.78 is 18.5. The number of pyridine rings is 1. The molecule has 0 bridgehead atoms. The molecule has 1 amide bonds. The van der Waals surface area contributed by atoms with Gasteiger partial charge in [-0.25, -0.2) is 0 Å². The molecular weight excluding hydrogens is 548 g/mol. The molecule has 9 nitrogen and oxygen atoms in total. The van der Waals surface area contributed by atoms with Gasteiger partial charge in [0, 0.05) is 31.7 Å². The Bertz CT molecular complexity index is 1420. The monoisotopic (exact) mass is 582 g/mol. The third-order valence-electron chi connectivity index (χ3n) is 7.11. The molecule has 11 heteroatoms. The van der Waals surface area contributed by atoms with Crippen molar-refractivity contribution in [1.82, 2.24) is 9.47 Å². The average Bonchev–Trinajstić information content (AvgIpc) is 3.24. The molecule has 4 rings (SSSR count). The lowest BCUT2D eigenvalue weighted by Gasteiger charge is -2.33. The molecule has 2 saturated heterocycles. The summed E-state index contributed by atoms with van der Waals surface area (Å²) in [6.45, 7) is 7.05. The molecular formula is C29H34N4O5S2. The van der Waals surface area contributed by atoms with Crippen LogP contribution in [0.1, 0.15) is 42.0 Å². The number of carbonyl (C=O) groups is 1. The lowest BCUT2D eigenvalue weighted by Crippen LogP contribution is -2.41. The number of rotatable bonds is 10. The Hall–Kier alpha value is -3.33. The van der Waals surface area contributed by atoms with Crippen LogP contribution in [-0.2, 0) is 22.5 Å². The highest BCUT2D eigenvalue weighted by Gasteiger charge is 2.33. The highest BCUT2D eigenvalue weighted by atomic mass is 32.2. The van der Waals surface area contributed by atoms with E-state index in [1.165, 1.54) is 11.8 Å². The maximum absolute atomic E-state index is 13.6. The van der Waals surface area contributed by atoms with Gasteiger partial charge in [0.15, 0.2) is 11.5 Å². The highest BCUT2D eigenvalue weighted by Crippen LogP contribution is 2.36. The lowest BCUT2D eigenvalue weighted by atomic mass is 10.0. The van der Waals surface area contributed by atoms with Crippen molar-refractivity contribution in [3.05, 3.63) is 55.7 Å². The highest BCUT2D eigenvalue weighted by molar-refractivity contribution is 8.26. The normalized spacial score (nSPS) is 16.5. The fourth-order valence-corrected chi connectivity index (χ4v) is 6.17. The number of morpholine rings is 1. The topological polar surface area (TPSA) is 97.0 Å². The standard InChI is InChI=1S/C29H34N4O5S2/c1-5-6-10-32-26(31-12-14-38-15-13-31)21(19(2)22(18-30)27(32)34)17-25-28(35)33(29(39)40-25)11-9-20-7-8-23(36-3)24(16-20)37-4/h7-8,16-17H,5-6,9-15H2,1-4H3/b25-17-. The van der Waals surface area contributed by atoms with Crippen LogP contribution in [0, 0.1) is 18.3 Å². The second kappa shape index (κ2) is 13.4. The number of aromatic nitrogens is 1. The second-order valence-electron chi connectivity index (χ2n) is 9.53. The van der Waals surface area contributed by atoms with Gasteiger partial charge in [0.2, 0.25) is 0 Å². The number of nitriles is 1. The third-order valence-corrected chi connectivity index (χ3v) is 8.49. The first-order valence-electron chi connectivity index (χ1n) is 13.3. The number of amides is 1. The van der Waals surface area contributed by atoms with Crippen LogP contribution in [0.2, 0.25) is 0 Å². The number of benzene rings is 1. The zero-order valence-corrected chi connectivity index (χ0v) is 25.0. The minimum Gasteiger partial charge on any atom is -0.493 e. The van der Waals surface area contributed by atoms with Gasteiger partial charge in [-0.2, -0.15) is 5.26 Å². The molecule has 2 fully saturated rings. The SMILES string of the molecule is CCCCn1c(N2CCOCC2)c(/C=C2\SC(=S)N(CCc3ccc(OC)c(OC)c3)C2=O)c(C)c(C#N)c1=O. The van der Waals surface area contributed by atoms with Gasteiger partial charge in [0.05, 0.1) is 32.3 Å². The summed E-state index contributed by atoms with van der Waals surface area (Å²) in [5.74, 6) is 1.81. The number of hydrogen-bond acceptors (Lipinski definition) is 9. The fraction of sp³-hybridized carbons (Fsp3) is 0.448. The molecule has 0 saturated carbocycles. The molecule has 40 heavy (non-hydrogen) atoms. The first-order valence-corrected chi connectivity index (χ1v) is 14.5. The van der Waals surface area contributed by atoms with Crippen molar-refractivity contribution >= 4 is 46.1 Å². The summed E-state index contributed by atoms with van der Waals surface area (Å²) in [5.41, 5.74) is 2.06. The van der Waals surface area contributed by atoms with E-state index in [-0.39, 0.29) is 17.0 Å². The average molecular weight is 583 g/mol. The maximum Gasteiger partial charge on any atom is 0.270 e. The zero-order valence-electron chi connectivity index (χ0n) is 23.3. The van der Waals surface area contributed by atoms with Gasteiger partial charge in [-0.3, -0.25) is 19.1 Å². The number of unbranched alkanes of at least 4 members (excludes halogenated alkanes) is 1. The summed E-state index contributed by atoms with van der Waals surface area (Å²) in [6.07, 6.45) is 4.08. The van der Waals surface area contributed by atoms with E-state index in [1.54, 1.807) is 36.7 Å². The molecule has 212 valence electrons. The molecule has 3 heterocycles. The van der Waals surface area contributed by atoms with Gasteiger partial charge in [-0.15, -0.1) is 0 Å². The van der Waals surface area contributed by atoms with Gasteiger partial charge in [-0.05, 0) is 49.1 Å². The van der Waals surface area contributed by atoms with Crippen molar-refractivity contribution in [1.29, 1.82) is 5.26 Å². The first-order chi connectivity index (χ1) is 19.3. The summed E-state index contributed by atoms with van der Waals surface area (Å²) in [7, 11) is 3.18. The van der Waals surface area contributed by atoms with E-state index < -0.39 is 0 Å². The largest absolute Gasteiger partial charge is 0.493 e. The van der Waals surface area contributed by atoms with Gasteiger partial charge in [-0.1, -0.05) is 43.4 Å². The van der Waals surface area contributed by atoms with E-state index in [4.69, 9.17) is 26.4 Å². The third kappa shape index (κ3) is 6.04. The van der Waals surface area contributed by atoms with Crippen LogP contribution < -0.4 is 19.9 Å². The van der Waals surface area contributed by atoms with E-state index in [9.17, 15) is 14.9 Å². The molecule has 0 atom stereocenters. The van der Waals surface area contributed by atoms with Crippen LogP contribution >= 0.6 is 24.0 Å². The Morgan fingerprint density at radius 1 is 1.15 bits per heavy atom. The zero-order chi connectivity index (χ0) is 28.8. The number of nitrogens with zero attached hydrogens (tertiary/aromatic N) is 4. The molecule has 1 aromatic heterocycles. The van der Waals surface area contributed by atoms with Gasteiger partial charge in [0.25, 0.3) is 11.5 Å². The smallest absolute Gasteiger partial charge is 0.270 e. The van der Waals surface area contributed by atoms with E-state index >= 15 is 0 Å². The lowest BCUT2D eigenvalue weighted by molar-refractivity contribution is -0.122. The molecule has 0 aliphatic carbocycles. The molecule has 2 aliphatic rings. The summed E-state index contributed by atoms with van der Waals surface area (Å²) >= 11 is 6.85. The maximum atomic E-state index is 13.6. The fourth-order valence-electron chi connectivity index (χ4n) is 4.88. The van der Waals surface area contributed by atoms with Crippen LogP contribution in [0.3, 0.4) is 0 Å². The van der Waals surface area contributed by atoms with Crippen molar-refractivity contribution in [2.75, 3.05) is 52.0 Å². The summed E-state index contributed by atoms with van der Waals surface area (Å²) in [6, 6.07) is 7.79. The molecule has 1 aromatic carbocycles. The quantitative estimate of drug-likeness (QED) is 0.303. The number of hydrogen-bond donors (Lipinski definition) is 0. The number of thiocarbonyl (C=S) groups is 1. The Kier molecular flexibility index (Phi) is 9.90. The Balaban J connectivity index is 1.70. The van der Waals surface area contributed by atoms with Gasteiger partial charge < -0.3 is 19.1 Å². The number of carbonyl (C=O) groups excluding carboxylic acids is 1. The van der Waals surface area contributed by atoms with E-state index in [1.807, 2.05) is 18.2 Å². The summed E-state index contributed by atoms with van der Waals surface area (Å²) in [5, 5.41) is 9.88. The predicted octanol–water partition coefficient (Wildman–Crippen LogP) is 4.13. The number of ether oxygens (including phenoxy) is 3. The van der Waals surface area contributed by atoms with Crippen molar-refractivity contribution in [2.45, 2.75) is 39.7 Å². The summed E-state index contributed by atoms with van der Waals surface area (Å²) in [4.78, 5) is 31.2. The molecule has 0 spiro atoms. The first kappa shape index (κ1) is 29.6. The van der Waals surface area contributed by atoms with Crippen molar-refractivity contribution in [3.63, 3.8) is 0 Å². The van der Waals surface area contributed by atoms with Crippen molar-refractivity contribution in [3.8, 4) is 17.6 Å². The van der Waals surface area contributed by atoms with E-state index in [2.05, 4.69) is 17.9 Å². The van der Waals surface area contributed by atoms with Crippen LogP contribution in [0.15, 0.2) is 27.9 Å². The molecule has 2 aliphatic heterocycles. The van der Waals surface area contributed by atoms with Crippen LogP contribution in [0.4, 0.5) is 5.82 Å². The molecule has 0 unspecified atom stereocenters. The Morgan fingerprint density at radius 3 is 2.52 bits per heavy atom. The predicted molar refractivity (Wildman–Crippen MR) is 161 cm³/mol.